The van der Waals surface area contributed by atoms with E-state index in [0.29, 0.717) is 5.41 Å². The van der Waals surface area contributed by atoms with Crippen molar-refractivity contribution in [1.29, 1.82) is 0 Å². The van der Waals surface area contributed by atoms with Crippen LogP contribution < -0.4 is 5.73 Å². The van der Waals surface area contributed by atoms with Gasteiger partial charge >= 0.3 is 0 Å². The smallest absolute Gasteiger partial charge is 0.0234 e. The fraction of sp³-hybridized carbons (Fsp3) is 0.529. The first-order valence-corrected chi connectivity index (χ1v) is 7.06. The summed E-state index contributed by atoms with van der Waals surface area (Å²) in [6, 6.07) is 9.16. The predicted molar refractivity (Wildman–Crippen MR) is 79.4 cm³/mol. The Morgan fingerprint density at radius 3 is 2.78 bits per heavy atom. The van der Waals surface area contributed by atoms with Gasteiger partial charge in [-0.2, -0.15) is 0 Å². The van der Waals surface area contributed by atoms with Crippen LogP contribution in [0.25, 0.3) is 5.57 Å². The minimum atomic E-state index is 0.207. The monoisotopic (exact) mass is 243 g/mol. The highest BCUT2D eigenvalue weighted by Gasteiger charge is 2.27. The molecule has 1 atom stereocenters. The van der Waals surface area contributed by atoms with Gasteiger partial charge in [-0.25, -0.2) is 0 Å². The molecular weight excluding hydrogens is 218 g/mol. The fourth-order valence-electron chi connectivity index (χ4n) is 3.02. The molecule has 1 unspecified atom stereocenters. The molecule has 18 heavy (non-hydrogen) atoms. The number of benzene rings is 1. The van der Waals surface area contributed by atoms with Crippen molar-refractivity contribution in [2.45, 2.75) is 52.5 Å². The second-order valence-electron chi connectivity index (χ2n) is 6.35. The van der Waals surface area contributed by atoms with E-state index in [1.165, 1.54) is 23.1 Å². The van der Waals surface area contributed by atoms with Crippen LogP contribution in [0.4, 0.5) is 0 Å². The summed E-state index contributed by atoms with van der Waals surface area (Å²) in [7, 11) is 0. The number of aryl methyl sites for hydroxylation is 1. The fourth-order valence-corrected chi connectivity index (χ4v) is 3.02. The molecule has 0 radical (unpaired) electrons. The maximum Gasteiger partial charge on any atom is 0.0234 e. The van der Waals surface area contributed by atoms with Crippen molar-refractivity contribution in [2.24, 2.45) is 11.1 Å². The summed E-state index contributed by atoms with van der Waals surface area (Å²) in [5.74, 6) is 0. The van der Waals surface area contributed by atoms with Crippen molar-refractivity contribution in [3.8, 4) is 0 Å². The molecule has 0 aromatic heterocycles. The Bertz CT molecular complexity index is 443. The highest BCUT2D eigenvalue weighted by molar-refractivity contribution is 5.68. The first-order chi connectivity index (χ1) is 8.50. The summed E-state index contributed by atoms with van der Waals surface area (Å²) in [6.07, 6.45) is 6.85. The molecule has 0 fully saturated rings. The van der Waals surface area contributed by atoms with Crippen molar-refractivity contribution in [2.75, 3.05) is 0 Å². The molecule has 0 bridgehead atoms. The standard InChI is InChI=1S/C17H25N/c1-4-6-13-7-5-8-14(9-13)15-10-16(18)12-17(2,3)11-15/h5,7-10,16H,4,6,11-12,18H2,1-3H3. The Kier molecular flexibility index (Phi) is 3.91. The molecule has 0 amide bonds. The van der Waals surface area contributed by atoms with Gasteiger partial charge in [-0.3, -0.25) is 0 Å². The van der Waals surface area contributed by atoms with Crippen LogP contribution in [0.3, 0.4) is 0 Å². The molecule has 0 aliphatic heterocycles. The molecule has 0 saturated carbocycles. The van der Waals surface area contributed by atoms with Gasteiger partial charge in [0.25, 0.3) is 0 Å². The van der Waals surface area contributed by atoms with Gasteiger partial charge in [0.15, 0.2) is 0 Å². The maximum absolute atomic E-state index is 6.16. The van der Waals surface area contributed by atoms with Crippen LogP contribution in [0.1, 0.15) is 51.2 Å². The van der Waals surface area contributed by atoms with Crippen LogP contribution in [-0.4, -0.2) is 6.04 Å². The third-order valence-corrected chi connectivity index (χ3v) is 3.71. The first-order valence-electron chi connectivity index (χ1n) is 7.06. The average Bonchev–Trinajstić information content (AvgIpc) is 2.27. The molecule has 1 aromatic rings. The number of allylic oxidation sites excluding steroid dienone is 1. The van der Waals surface area contributed by atoms with E-state index in [1.807, 2.05) is 0 Å². The molecule has 1 nitrogen and oxygen atoms in total. The van der Waals surface area contributed by atoms with E-state index < -0.39 is 0 Å². The molecule has 2 rings (SSSR count). The van der Waals surface area contributed by atoms with Crippen LogP contribution in [0, 0.1) is 5.41 Å². The van der Waals surface area contributed by atoms with Crippen molar-refractivity contribution >= 4 is 5.57 Å². The van der Waals surface area contributed by atoms with E-state index in [0.717, 1.165) is 19.3 Å². The van der Waals surface area contributed by atoms with Crippen molar-refractivity contribution in [3.63, 3.8) is 0 Å². The molecule has 1 aliphatic rings. The lowest BCUT2D eigenvalue weighted by Gasteiger charge is -2.33. The van der Waals surface area contributed by atoms with Gasteiger partial charge < -0.3 is 5.73 Å². The summed E-state index contributed by atoms with van der Waals surface area (Å²) in [5.41, 5.74) is 10.7. The summed E-state index contributed by atoms with van der Waals surface area (Å²) in [4.78, 5) is 0. The van der Waals surface area contributed by atoms with Crippen LogP contribution in [0.5, 0.6) is 0 Å². The molecule has 2 N–H and O–H groups in total. The van der Waals surface area contributed by atoms with E-state index in [-0.39, 0.29) is 6.04 Å². The number of rotatable bonds is 3. The third-order valence-electron chi connectivity index (χ3n) is 3.71. The van der Waals surface area contributed by atoms with Gasteiger partial charge in [-0.05, 0) is 41.4 Å². The Morgan fingerprint density at radius 1 is 1.33 bits per heavy atom. The Labute approximate surface area is 111 Å². The summed E-state index contributed by atoms with van der Waals surface area (Å²) >= 11 is 0. The molecule has 1 aromatic carbocycles. The highest BCUT2D eigenvalue weighted by Crippen LogP contribution is 2.39. The van der Waals surface area contributed by atoms with Crippen LogP contribution in [0.15, 0.2) is 30.3 Å². The van der Waals surface area contributed by atoms with E-state index in [1.54, 1.807) is 0 Å². The van der Waals surface area contributed by atoms with Crippen molar-refractivity contribution in [1.82, 2.24) is 0 Å². The van der Waals surface area contributed by atoms with E-state index in [2.05, 4.69) is 51.1 Å². The molecule has 0 saturated heterocycles. The van der Waals surface area contributed by atoms with Crippen LogP contribution >= 0.6 is 0 Å². The lowest BCUT2D eigenvalue weighted by atomic mass is 9.74. The van der Waals surface area contributed by atoms with E-state index >= 15 is 0 Å². The zero-order valence-electron chi connectivity index (χ0n) is 11.9. The van der Waals surface area contributed by atoms with Gasteiger partial charge in [0.2, 0.25) is 0 Å². The molecule has 98 valence electrons. The lowest BCUT2D eigenvalue weighted by Crippen LogP contribution is -2.30. The van der Waals surface area contributed by atoms with Gasteiger partial charge in [0.05, 0.1) is 0 Å². The minimum absolute atomic E-state index is 0.207. The number of hydrogen-bond acceptors (Lipinski definition) is 1. The Morgan fingerprint density at radius 2 is 2.11 bits per heavy atom. The molecule has 1 heteroatoms. The van der Waals surface area contributed by atoms with Crippen LogP contribution in [0.2, 0.25) is 0 Å². The SMILES string of the molecule is CCCc1cccc(C2=CC(N)CC(C)(C)C2)c1. The highest BCUT2D eigenvalue weighted by atomic mass is 14.6. The molecular formula is C17H25N. The molecule has 1 aliphatic carbocycles. The van der Waals surface area contributed by atoms with Gasteiger partial charge in [-0.1, -0.05) is 57.5 Å². The predicted octanol–water partition coefficient (Wildman–Crippen LogP) is 4.17. The Hall–Kier alpha value is -1.08. The summed E-state index contributed by atoms with van der Waals surface area (Å²) in [5, 5.41) is 0. The van der Waals surface area contributed by atoms with Crippen LogP contribution in [-0.2, 0) is 6.42 Å². The second kappa shape index (κ2) is 5.27. The van der Waals surface area contributed by atoms with Gasteiger partial charge in [0.1, 0.15) is 0 Å². The van der Waals surface area contributed by atoms with Gasteiger partial charge in [0, 0.05) is 6.04 Å². The first kappa shape index (κ1) is 13.4. The average molecular weight is 243 g/mol. The molecule has 0 spiro atoms. The zero-order chi connectivity index (χ0) is 13.2. The van der Waals surface area contributed by atoms with Gasteiger partial charge in [-0.15, -0.1) is 0 Å². The van der Waals surface area contributed by atoms with Crippen molar-refractivity contribution in [3.05, 3.63) is 41.5 Å². The summed E-state index contributed by atoms with van der Waals surface area (Å²) in [6.45, 7) is 6.86. The quantitative estimate of drug-likeness (QED) is 0.847. The number of nitrogens with two attached hydrogens (primary N) is 1. The van der Waals surface area contributed by atoms with E-state index in [9.17, 15) is 0 Å². The Balaban J connectivity index is 2.28. The maximum atomic E-state index is 6.16. The number of hydrogen-bond donors (Lipinski definition) is 1. The molecule has 0 heterocycles. The largest absolute Gasteiger partial charge is 0.324 e. The topological polar surface area (TPSA) is 26.0 Å². The van der Waals surface area contributed by atoms with Crippen molar-refractivity contribution < 1.29 is 0 Å². The zero-order valence-corrected chi connectivity index (χ0v) is 11.9. The third kappa shape index (κ3) is 3.23. The second-order valence-corrected chi connectivity index (χ2v) is 6.35. The normalized spacial score (nSPS) is 22.7. The lowest BCUT2D eigenvalue weighted by molar-refractivity contribution is 0.319. The van der Waals surface area contributed by atoms with E-state index in [4.69, 9.17) is 5.73 Å². The minimum Gasteiger partial charge on any atom is -0.324 e. The summed E-state index contributed by atoms with van der Waals surface area (Å²) < 4.78 is 0.